The van der Waals surface area contributed by atoms with Crippen molar-refractivity contribution in [2.75, 3.05) is 5.32 Å². The molecule has 0 aliphatic carbocycles. The van der Waals surface area contributed by atoms with Gasteiger partial charge in [0.15, 0.2) is 5.82 Å². The molecule has 1 aromatic carbocycles. The summed E-state index contributed by atoms with van der Waals surface area (Å²) in [5.74, 6) is 0.372. The number of rotatable bonds is 3. The van der Waals surface area contributed by atoms with Crippen LogP contribution in [-0.2, 0) is 6.54 Å². The van der Waals surface area contributed by atoms with Crippen LogP contribution in [0.1, 0.15) is 17.0 Å². The van der Waals surface area contributed by atoms with Crippen LogP contribution in [0, 0.1) is 13.8 Å². The summed E-state index contributed by atoms with van der Waals surface area (Å²) >= 11 is 0. The maximum absolute atomic E-state index is 11.6. The maximum atomic E-state index is 11.6. The Labute approximate surface area is 99.7 Å². The molecular weight excluding hydrogens is 214 g/mol. The molecule has 0 radical (unpaired) electrons. The van der Waals surface area contributed by atoms with Crippen LogP contribution in [0.5, 0.6) is 0 Å². The summed E-state index contributed by atoms with van der Waals surface area (Å²) in [6, 6.07) is 9.90. The lowest BCUT2D eigenvalue weighted by Crippen LogP contribution is -2.18. The van der Waals surface area contributed by atoms with Gasteiger partial charge in [0.1, 0.15) is 0 Å². The number of nitrogens with one attached hydrogen (secondary N) is 2. The van der Waals surface area contributed by atoms with Gasteiger partial charge < -0.3 is 10.3 Å². The molecule has 4 heteroatoms. The van der Waals surface area contributed by atoms with E-state index in [0.717, 1.165) is 17.0 Å². The molecule has 0 spiro atoms. The van der Waals surface area contributed by atoms with Crippen molar-refractivity contribution < 1.29 is 0 Å². The summed E-state index contributed by atoms with van der Waals surface area (Å²) in [6.45, 7) is 4.31. The number of anilines is 1. The first-order valence-electron chi connectivity index (χ1n) is 5.52. The third-order valence-corrected chi connectivity index (χ3v) is 2.64. The van der Waals surface area contributed by atoms with E-state index in [1.54, 1.807) is 0 Å². The molecule has 1 aromatic heterocycles. The van der Waals surface area contributed by atoms with Crippen LogP contribution in [0.3, 0.4) is 0 Å². The molecule has 0 aliphatic heterocycles. The van der Waals surface area contributed by atoms with E-state index in [1.165, 1.54) is 0 Å². The first-order valence-corrected chi connectivity index (χ1v) is 5.52. The van der Waals surface area contributed by atoms with E-state index < -0.39 is 0 Å². The number of hydrogen-bond donors (Lipinski definition) is 2. The topological polar surface area (TPSA) is 57.8 Å². The molecule has 1 heterocycles. The summed E-state index contributed by atoms with van der Waals surface area (Å²) in [6.07, 6.45) is 0. The zero-order chi connectivity index (χ0) is 12.3. The Morgan fingerprint density at radius 3 is 2.65 bits per heavy atom. The fourth-order valence-corrected chi connectivity index (χ4v) is 1.52. The van der Waals surface area contributed by atoms with Crippen LogP contribution >= 0.6 is 0 Å². The molecule has 0 amide bonds. The summed E-state index contributed by atoms with van der Waals surface area (Å²) in [5.41, 5.74) is 2.58. The average molecular weight is 229 g/mol. The highest BCUT2D eigenvalue weighted by molar-refractivity contribution is 5.34. The minimum absolute atomic E-state index is 0.177. The zero-order valence-electron chi connectivity index (χ0n) is 9.95. The van der Waals surface area contributed by atoms with Gasteiger partial charge >= 0.3 is 0 Å². The lowest BCUT2D eigenvalue weighted by atomic mass is 10.2. The van der Waals surface area contributed by atoms with E-state index in [9.17, 15) is 4.79 Å². The third-order valence-electron chi connectivity index (χ3n) is 2.64. The summed E-state index contributed by atoms with van der Waals surface area (Å²) in [4.78, 5) is 18.6. The summed E-state index contributed by atoms with van der Waals surface area (Å²) in [5, 5.41) is 3.04. The van der Waals surface area contributed by atoms with E-state index in [2.05, 4.69) is 15.3 Å². The molecule has 0 unspecified atom stereocenters. The lowest BCUT2D eigenvalue weighted by Gasteiger charge is -2.06. The monoisotopic (exact) mass is 229 g/mol. The fraction of sp³-hybridized carbons (Fsp3) is 0.231. The Bertz CT molecular complexity index is 561. The highest BCUT2D eigenvalue weighted by Gasteiger charge is 2.03. The van der Waals surface area contributed by atoms with Gasteiger partial charge in [0.2, 0.25) is 0 Å². The third kappa shape index (κ3) is 2.72. The van der Waals surface area contributed by atoms with Crippen molar-refractivity contribution in [3.63, 3.8) is 0 Å². The summed E-state index contributed by atoms with van der Waals surface area (Å²) < 4.78 is 0. The highest BCUT2D eigenvalue weighted by atomic mass is 16.1. The molecule has 17 heavy (non-hydrogen) atoms. The van der Waals surface area contributed by atoms with Gasteiger partial charge in [-0.2, -0.15) is 0 Å². The Morgan fingerprint density at radius 2 is 1.94 bits per heavy atom. The second-order valence-electron chi connectivity index (χ2n) is 3.96. The molecule has 0 atom stereocenters. The van der Waals surface area contributed by atoms with E-state index >= 15 is 0 Å². The van der Waals surface area contributed by atoms with Gasteiger partial charge in [-0.1, -0.05) is 30.3 Å². The van der Waals surface area contributed by atoms with Gasteiger partial charge in [0.05, 0.1) is 5.69 Å². The van der Waals surface area contributed by atoms with Gasteiger partial charge in [0, 0.05) is 12.2 Å². The fourth-order valence-electron chi connectivity index (χ4n) is 1.52. The number of aromatic amines is 1. The number of aromatic nitrogens is 2. The van der Waals surface area contributed by atoms with Crippen molar-refractivity contribution in [1.82, 2.24) is 9.97 Å². The van der Waals surface area contributed by atoms with E-state index in [1.807, 2.05) is 44.2 Å². The Morgan fingerprint density at radius 1 is 1.24 bits per heavy atom. The standard InChI is InChI=1S/C13H15N3O/c1-9-10(2)16-13(17)12(15-9)14-8-11-6-4-3-5-7-11/h3-7H,8H2,1-2H3,(H,14,15)(H,16,17). The number of hydrogen-bond acceptors (Lipinski definition) is 3. The van der Waals surface area contributed by atoms with Crippen LogP contribution in [0.4, 0.5) is 5.82 Å². The van der Waals surface area contributed by atoms with Crippen molar-refractivity contribution in [3.8, 4) is 0 Å². The normalized spacial score (nSPS) is 10.2. The number of benzene rings is 1. The van der Waals surface area contributed by atoms with Gasteiger partial charge in [-0.15, -0.1) is 0 Å². The van der Waals surface area contributed by atoms with Crippen molar-refractivity contribution in [1.29, 1.82) is 0 Å². The van der Waals surface area contributed by atoms with Crippen LogP contribution in [0.15, 0.2) is 35.1 Å². The van der Waals surface area contributed by atoms with Crippen LogP contribution in [0.2, 0.25) is 0 Å². The van der Waals surface area contributed by atoms with E-state index in [4.69, 9.17) is 0 Å². The molecule has 2 rings (SSSR count). The SMILES string of the molecule is Cc1nc(NCc2ccccc2)c(=O)[nH]c1C. The lowest BCUT2D eigenvalue weighted by molar-refractivity contribution is 0.986. The highest BCUT2D eigenvalue weighted by Crippen LogP contribution is 2.04. The molecule has 2 N–H and O–H groups in total. The van der Waals surface area contributed by atoms with Crippen LogP contribution < -0.4 is 10.9 Å². The summed E-state index contributed by atoms with van der Waals surface area (Å²) in [7, 11) is 0. The Kier molecular flexibility index (Phi) is 3.23. The number of aryl methyl sites for hydroxylation is 2. The minimum atomic E-state index is -0.177. The molecule has 4 nitrogen and oxygen atoms in total. The minimum Gasteiger partial charge on any atom is -0.361 e. The first-order chi connectivity index (χ1) is 8.16. The zero-order valence-corrected chi connectivity index (χ0v) is 9.95. The Balaban J connectivity index is 2.15. The quantitative estimate of drug-likeness (QED) is 0.846. The van der Waals surface area contributed by atoms with Crippen molar-refractivity contribution in [3.05, 3.63) is 57.6 Å². The molecule has 2 aromatic rings. The van der Waals surface area contributed by atoms with Gasteiger partial charge in [-0.3, -0.25) is 4.79 Å². The van der Waals surface area contributed by atoms with E-state index in [0.29, 0.717) is 12.4 Å². The predicted octanol–water partition coefficient (Wildman–Crippen LogP) is 2.00. The molecular formula is C13H15N3O. The first kappa shape index (κ1) is 11.4. The van der Waals surface area contributed by atoms with Gasteiger partial charge in [0.25, 0.3) is 5.56 Å². The molecule has 0 aliphatic rings. The van der Waals surface area contributed by atoms with Gasteiger partial charge in [-0.05, 0) is 19.4 Å². The average Bonchev–Trinajstić information content (AvgIpc) is 2.33. The molecule has 0 saturated carbocycles. The maximum Gasteiger partial charge on any atom is 0.290 e. The van der Waals surface area contributed by atoms with Crippen molar-refractivity contribution in [2.24, 2.45) is 0 Å². The van der Waals surface area contributed by atoms with Crippen molar-refractivity contribution >= 4 is 5.82 Å². The molecule has 88 valence electrons. The number of nitrogens with zero attached hydrogens (tertiary/aromatic N) is 1. The number of H-pyrrole nitrogens is 1. The largest absolute Gasteiger partial charge is 0.361 e. The predicted molar refractivity (Wildman–Crippen MR) is 68.1 cm³/mol. The molecule has 0 saturated heterocycles. The molecule has 0 fully saturated rings. The Hall–Kier alpha value is -2.10. The second-order valence-corrected chi connectivity index (χ2v) is 3.96. The van der Waals surface area contributed by atoms with Gasteiger partial charge in [-0.25, -0.2) is 4.98 Å². The van der Waals surface area contributed by atoms with Crippen LogP contribution in [0.25, 0.3) is 0 Å². The smallest absolute Gasteiger partial charge is 0.290 e. The van der Waals surface area contributed by atoms with Crippen molar-refractivity contribution in [2.45, 2.75) is 20.4 Å². The van der Waals surface area contributed by atoms with Crippen LogP contribution in [-0.4, -0.2) is 9.97 Å². The second kappa shape index (κ2) is 4.82. The molecule has 0 bridgehead atoms. The van der Waals surface area contributed by atoms with E-state index in [-0.39, 0.29) is 5.56 Å².